The zero-order chi connectivity index (χ0) is 14.5. The number of methoxy groups -OCH3 is 1. The van der Waals surface area contributed by atoms with Crippen LogP contribution in [-0.2, 0) is 14.6 Å². The molecule has 7 heteroatoms. The van der Waals surface area contributed by atoms with E-state index in [1.54, 1.807) is 24.3 Å². The Morgan fingerprint density at radius 2 is 2.16 bits per heavy atom. The number of amides is 1. The van der Waals surface area contributed by atoms with Gasteiger partial charge in [-0.15, -0.1) is 0 Å². The summed E-state index contributed by atoms with van der Waals surface area (Å²) in [6.07, 6.45) is 0. The van der Waals surface area contributed by atoms with Crippen molar-refractivity contribution >= 4 is 21.4 Å². The highest BCUT2D eigenvalue weighted by Gasteiger charge is 2.23. The Hall–Kier alpha value is -1.60. The number of carbonyl (C=O) groups excluding carboxylic acids is 1. The average Bonchev–Trinajstić information content (AvgIpc) is 2.37. The SMILES string of the molecule is COc1cccc(NC(=O)CS(=O)(=O)C(C)CN)c1. The lowest BCUT2D eigenvalue weighted by Gasteiger charge is -2.11. The van der Waals surface area contributed by atoms with E-state index in [1.807, 2.05) is 0 Å². The zero-order valence-corrected chi connectivity index (χ0v) is 11.7. The van der Waals surface area contributed by atoms with E-state index in [0.29, 0.717) is 11.4 Å². The van der Waals surface area contributed by atoms with Gasteiger partial charge in [0.15, 0.2) is 9.84 Å². The van der Waals surface area contributed by atoms with Gasteiger partial charge in [-0.05, 0) is 19.1 Å². The van der Waals surface area contributed by atoms with Crippen molar-refractivity contribution < 1.29 is 17.9 Å². The number of ether oxygens (including phenoxy) is 1. The third kappa shape index (κ3) is 4.53. The Labute approximate surface area is 112 Å². The van der Waals surface area contributed by atoms with Gasteiger partial charge in [0, 0.05) is 18.3 Å². The first-order chi connectivity index (χ1) is 8.89. The van der Waals surface area contributed by atoms with Gasteiger partial charge < -0.3 is 15.8 Å². The van der Waals surface area contributed by atoms with Crippen molar-refractivity contribution in [1.82, 2.24) is 0 Å². The first-order valence-electron chi connectivity index (χ1n) is 5.74. The molecule has 3 N–H and O–H groups in total. The van der Waals surface area contributed by atoms with Gasteiger partial charge in [0.25, 0.3) is 0 Å². The maximum Gasteiger partial charge on any atom is 0.239 e. The lowest BCUT2D eigenvalue weighted by molar-refractivity contribution is -0.113. The molecule has 0 aromatic heterocycles. The summed E-state index contributed by atoms with van der Waals surface area (Å²) in [5.41, 5.74) is 5.78. The largest absolute Gasteiger partial charge is 0.497 e. The summed E-state index contributed by atoms with van der Waals surface area (Å²) in [7, 11) is -2.01. The molecule has 0 radical (unpaired) electrons. The van der Waals surface area contributed by atoms with Crippen LogP contribution in [0.3, 0.4) is 0 Å². The third-order valence-corrected chi connectivity index (χ3v) is 4.71. The molecule has 1 amide bonds. The molecule has 106 valence electrons. The molecule has 0 bridgehead atoms. The molecule has 6 nitrogen and oxygen atoms in total. The lowest BCUT2D eigenvalue weighted by atomic mass is 10.3. The second-order valence-corrected chi connectivity index (χ2v) is 6.55. The number of benzene rings is 1. The lowest BCUT2D eigenvalue weighted by Crippen LogP contribution is -2.33. The normalized spacial score (nSPS) is 12.8. The molecule has 1 atom stereocenters. The van der Waals surface area contributed by atoms with Gasteiger partial charge in [-0.2, -0.15) is 0 Å². The van der Waals surface area contributed by atoms with Crippen LogP contribution in [0.25, 0.3) is 0 Å². The minimum Gasteiger partial charge on any atom is -0.497 e. The number of nitrogens with two attached hydrogens (primary N) is 1. The van der Waals surface area contributed by atoms with Gasteiger partial charge in [-0.1, -0.05) is 6.07 Å². The van der Waals surface area contributed by atoms with Gasteiger partial charge in [0.1, 0.15) is 11.5 Å². The van der Waals surface area contributed by atoms with Gasteiger partial charge in [-0.3, -0.25) is 4.79 Å². The number of rotatable bonds is 6. The number of nitrogens with one attached hydrogen (secondary N) is 1. The van der Waals surface area contributed by atoms with Crippen LogP contribution in [-0.4, -0.2) is 39.0 Å². The molecule has 0 saturated carbocycles. The first kappa shape index (κ1) is 15.5. The Balaban J connectivity index is 2.70. The van der Waals surface area contributed by atoms with E-state index in [9.17, 15) is 13.2 Å². The maximum atomic E-state index is 11.7. The van der Waals surface area contributed by atoms with Crippen LogP contribution in [0.15, 0.2) is 24.3 Å². The smallest absolute Gasteiger partial charge is 0.239 e. The van der Waals surface area contributed by atoms with E-state index in [2.05, 4.69) is 5.32 Å². The van der Waals surface area contributed by atoms with E-state index in [0.717, 1.165) is 0 Å². The molecular formula is C12H18N2O4S. The highest BCUT2D eigenvalue weighted by molar-refractivity contribution is 7.92. The number of carbonyl (C=O) groups is 1. The topological polar surface area (TPSA) is 98.5 Å². The predicted molar refractivity (Wildman–Crippen MR) is 73.9 cm³/mol. The van der Waals surface area contributed by atoms with Crippen molar-refractivity contribution in [2.24, 2.45) is 5.73 Å². The van der Waals surface area contributed by atoms with E-state index in [4.69, 9.17) is 10.5 Å². The van der Waals surface area contributed by atoms with Crippen molar-refractivity contribution in [2.45, 2.75) is 12.2 Å². The first-order valence-corrected chi connectivity index (χ1v) is 7.46. The summed E-state index contributed by atoms with van der Waals surface area (Å²) >= 11 is 0. The summed E-state index contributed by atoms with van der Waals surface area (Å²) < 4.78 is 28.4. The van der Waals surface area contributed by atoms with E-state index in [1.165, 1.54) is 14.0 Å². The Morgan fingerprint density at radius 3 is 2.74 bits per heavy atom. The fraction of sp³-hybridized carbons (Fsp3) is 0.417. The van der Waals surface area contributed by atoms with Crippen molar-refractivity contribution in [1.29, 1.82) is 0 Å². The molecular weight excluding hydrogens is 268 g/mol. The van der Waals surface area contributed by atoms with E-state index < -0.39 is 26.7 Å². The molecule has 0 aliphatic rings. The highest BCUT2D eigenvalue weighted by atomic mass is 32.2. The molecule has 0 heterocycles. The fourth-order valence-corrected chi connectivity index (χ4v) is 2.38. The number of anilines is 1. The van der Waals surface area contributed by atoms with E-state index in [-0.39, 0.29) is 6.54 Å². The second-order valence-electron chi connectivity index (χ2n) is 4.13. The summed E-state index contributed by atoms with van der Waals surface area (Å²) in [5.74, 6) is -0.590. The van der Waals surface area contributed by atoms with E-state index >= 15 is 0 Å². The van der Waals surface area contributed by atoms with Crippen LogP contribution in [0.2, 0.25) is 0 Å². The number of sulfone groups is 1. The minimum atomic E-state index is -3.51. The minimum absolute atomic E-state index is 0.00519. The third-order valence-electron chi connectivity index (χ3n) is 2.63. The van der Waals surface area contributed by atoms with Gasteiger partial charge in [0.05, 0.1) is 12.4 Å². The Bertz CT molecular complexity index is 542. The Kier molecular flexibility index (Phi) is 5.31. The predicted octanol–water partition coefficient (Wildman–Crippen LogP) is 0.396. The van der Waals surface area contributed by atoms with Gasteiger partial charge >= 0.3 is 0 Å². The summed E-state index contributed by atoms with van der Waals surface area (Å²) in [6, 6.07) is 6.69. The van der Waals surface area contributed by atoms with Crippen LogP contribution in [0.4, 0.5) is 5.69 Å². The van der Waals surface area contributed by atoms with Crippen LogP contribution in [0.5, 0.6) is 5.75 Å². The van der Waals surface area contributed by atoms with Gasteiger partial charge in [0.2, 0.25) is 5.91 Å². The Morgan fingerprint density at radius 1 is 1.47 bits per heavy atom. The van der Waals surface area contributed by atoms with Crippen LogP contribution < -0.4 is 15.8 Å². The molecule has 1 aromatic carbocycles. The highest BCUT2D eigenvalue weighted by Crippen LogP contribution is 2.16. The summed E-state index contributed by atoms with van der Waals surface area (Å²) in [5, 5.41) is 1.78. The molecule has 1 unspecified atom stereocenters. The molecule has 0 aliphatic carbocycles. The van der Waals surface area contributed by atoms with Crippen LogP contribution in [0, 0.1) is 0 Å². The standard InChI is InChI=1S/C12H18N2O4S/c1-9(7-13)19(16,17)8-12(15)14-10-4-3-5-11(6-10)18-2/h3-6,9H,7-8,13H2,1-2H3,(H,14,15). The molecule has 1 rings (SSSR count). The van der Waals surface area contributed by atoms with Crippen molar-refractivity contribution in [3.63, 3.8) is 0 Å². The molecule has 0 aliphatic heterocycles. The maximum absolute atomic E-state index is 11.7. The molecule has 0 fully saturated rings. The van der Waals surface area contributed by atoms with Crippen LogP contribution in [0.1, 0.15) is 6.92 Å². The summed E-state index contributed by atoms with van der Waals surface area (Å²) in [4.78, 5) is 11.7. The second kappa shape index (κ2) is 6.53. The van der Waals surface area contributed by atoms with Crippen molar-refractivity contribution in [3.05, 3.63) is 24.3 Å². The molecule has 0 spiro atoms. The zero-order valence-electron chi connectivity index (χ0n) is 10.9. The summed E-state index contributed by atoms with van der Waals surface area (Å²) in [6.45, 7) is 1.48. The molecule has 1 aromatic rings. The van der Waals surface area contributed by atoms with Crippen molar-refractivity contribution in [3.8, 4) is 5.75 Å². The van der Waals surface area contributed by atoms with Gasteiger partial charge in [-0.25, -0.2) is 8.42 Å². The number of hydrogen-bond donors (Lipinski definition) is 2. The quantitative estimate of drug-likeness (QED) is 0.788. The fourth-order valence-electron chi connectivity index (χ4n) is 1.37. The van der Waals surface area contributed by atoms with Crippen molar-refractivity contribution in [2.75, 3.05) is 24.7 Å². The molecule has 19 heavy (non-hydrogen) atoms. The molecule has 0 saturated heterocycles. The number of hydrogen-bond acceptors (Lipinski definition) is 5. The monoisotopic (exact) mass is 286 g/mol. The average molecular weight is 286 g/mol. The van der Waals surface area contributed by atoms with Crippen LogP contribution >= 0.6 is 0 Å².